The molecule has 3 N–H and O–H groups in total. The second-order valence-corrected chi connectivity index (χ2v) is 4.01. The molecule has 0 saturated carbocycles. The van der Waals surface area contributed by atoms with Gasteiger partial charge in [0.15, 0.2) is 0 Å². The summed E-state index contributed by atoms with van der Waals surface area (Å²) in [5, 5.41) is 11.2. The van der Waals surface area contributed by atoms with Crippen LogP contribution in [-0.2, 0) is 9.59 Å². The van der Waals surface area contributed by atoms with E-state index in [1.165, 1.54) is 6.92 Å². The first kappa shape index (κ1) is 13.3. The van der Waals surface area contributed by atoms with E-state index in [-0.39, 0.29) is 24.1 Å². The van der Waals surface area contributed by atoms with E-state index >= 15 is 0 Å². The number of nitrogens with two attached hydrogens (primary N) is 1. The number of nitrogens with zero attached hydrogens (tertiary/aromatic N) is 3. The van der Waals surface area contributed by atoms with Crippen molar-refractivity contribution in [3.63, 3.8) is 0 Å². The summed E-state index contributed by atoms with van der Waals surface area (Å²) < 4.78 is 0. The number of hydrogen-bond donors (Lipinski definition) is 2. The summed E-state index contributed by atoms with van der Waals surface area (Å²) in [6.45, 7) is 3.83. The predicted molar refractivity (Wildman–Crippen MR) is 61.5 cm³/mol. The Kier molecular flexibility index (Phi) is 4.74. The van der Waals surface area contributed by atoms with Gasteiger partial charge in [-0.2, -0.15) is 0 Å². The van der Waals surface area contributed by atoms with Gasteiger partial charge in [-0.05, 0) is 6.42 Å². The van der Waals surface area contributed by atoms with Gasteiger partial charge in [-0.1, -0.05) is 5.16 Å². The summed E-state index contributed by atoms with van der Waals surface area (Å²) >= 11 is 0. The van der Waals surface area contributed by atoms with Crippen LogP contribution in [0.5, 0.6) is 0 Å². The average Bonchev–Trinajstić information content (AvgIpc) is 2.54. The second-order valence-electron chi connectivity index (χ2n) is 4.01. The highest BCUT2D eigenvalue weighted by Crippen LogP contribution is 2.05. The zero-order valence-electron chi connectivity index (χ0n) is 9.93. The average molecular weight is 242 g/mol. The lowest BCUT2D eigenvalue weighted by molar-refractivity contribution is -0.131. The first-order chi connectivity index (χ1) is 8.04. The zero-order chi connectivity index (χ0) is 12.8. The molecule has 1 heterocycles. The van der Waals surface area contributed by atoms with Gasteiger partial charge in [0.1, 0.15) is 5.84 Å². The van der Waals surface area contributed by atoms with Gasteiger partial charge in [0.2, 0.25) is 11.8 Å². The lowest BCUT2D eigenvalue weighted by atomic mass is 10.3. The molecule has 0 atom stereocenters. The zero-order valence-corrected chi connectivity index (χ0v) is 9.93. The van der Waals surface area contributed by atoms with E-state index in [2.05, 4.69) is 5.16 Å². The molecule has 2 amide bonds. The number of amides is 2. The quantitative estimate of drug-likeness (QED) is 0.287. The molecule has 0 radical (unpaired) electrons. The van der Waals surface area contributed by atoms with Crippen LogP contribution in [0, 0.1) is 0 Å². The van der Waals surface area contributed by atoms with Crippen LogP contribution in [0.2, 0.25) is 0 Å². The van der Waals surface area contributed by atoms with Crippen molar-refractivity contribution in [1.29, 1.82) is 0 Å². The Morgan fingerprint density at radius 3 is 2.41 bits per heavy atom. The number of carbonyl (C=O) groups excluding carboxylic acids is 2. The van der Waals surface area contributed by atoms with E-state index in [0.29, 0.717) is 26.2 Å². The smallest absolute Gasteiger partial charge is 0.230 e. The first-order valence-electron chi connectivity index (χ1n) is 5.54. The van der Waals surface area contributed by atoms with Crippen molar-refractivity contribution >= 4 is 17.6 Å². The molecule has 96 valence electrons. The van der Waals surface area contributed by atoms with E-state index in [9.17, 15) is 9.59 Å². The lowest BCUT2D eigenvalue weighted by Gasteiger charge is -2.21. The number of hydrogen-bond acceptors (Lipinski definition) is 4. The fourth-order valence-electron chi connectivity index (χ4n) is 1.78. The van der Waals surface area contributed by atoms with Crippen molar-refractivity contribution in [2.45, 2.75) is 19.8 Å². The Hall–Kier alpha value is -1.79. The number of carbonyl (C=O) groups is 2. The molecular formula is C10H18N4O3. The number of oxime groups is 1. The Morgan fingerprint density at radius 1 is 1.24 bits per heavy atom. The van der Waals surface area contributed by atoms with Crippen molar-refractivity contribution < 1.29 is 14.8 Å². The Labute approximate surface area is 99.8 Å². The van der Waals surface area contributed by atoms with Crippen LogP contribution in [0.4, 0.5) is 0 Å². The van der Waals surface area contributed by atoms with E-state index in [1.807, 2.05) is 0 Å². The third kappa shape index (κ3) is 3.93. The third-order valence-corrected chi connectivity index (χ3v) is 2.75. The van der Waals surface area contributed by atoms with Gasteiger partial charge in [-0.15, -0.1) is 0 Å². The van der Waals surface area contributed by atoms with Gasteiger partial charge < -0.3 is 20.7 Å². The van der Waals surface area contributed by atoms with Crippen molar-refractivity contribution in [2.24, 2.45) is 10.9 Å². The fourth-order valence-corrected chi connectivity index (χ4v) is 1.78. The fraction of sp³-hybridized carbons (Fsp3) is 0.700. The molecule has 17 heavy (non-hydrogen) atoms. The monoisotopic (exact) mass is 242 g/mol. The summed E-state index contributed by atoms with van der Waals surface area (Å²) in [6, 6.07) is 0. The largest absolute Gasteiger partial charge is 0.409 e. The van der Waals surface area contributed by atoms with Crippen LogP contribution >= 0.6 is 0 Å². The lowest BCUT2D eigenvalue weighted by Crippen LogP contribution is -2.38. The summed E-state index contributed by atoms with van der Waals surface area (Å²) in [5.41, 5.74) is 5.28. The molecule has 7 heteroatoms. The van der Waals surface area contributed by atoms with E-state index < -0.39 is 0 Å². The molecule has 0 aromatic heterocycles. The normalized spacial score (nSPS) is 17.8. The summed E-state index contributed by atoms with van der Waals surface area (Å²) in [6.07, 6.45) is 0.665. The molecule has 0 unspecified atom stereocenters. The van der Waals surface area contributed by atoms with Gasteiger partial charge in [-0.3, -0.25) is 9.59 Å². The second kappa shape index (κ2) is 6.07. The van der Waals surface area contributed by atoms with Crippen molar-refractivity contribution in [2.75, 3.05) is 26.2 Å². The molecule has 0 spiro atoms. The van der Waals surface area contributed by atoms with Gasteiger partial charge in [0.05, 0.1) is 6.42 Å². The molecule has 0 bridgehead atoms. The minimum absolute atomic E-state index is 0.0238. The molecule has 1 aliphatic heterocycles. The maximum Gasteiger partial charge on any atom is 0.230 e. The molecule has 0 aromatic rings. The van der Waals surface area contributed by atoms with Gasteiger partial charge in [-0.25, -0.2) is 0 Å². The Bertz CT molecular complexity index is 330. The van der Waals surface area contributed by atoms with E-state index in [4.69, 9.17) is 10.9 Å². The summed E-state index contributed by atoms with van der Waals surface area (Å²) in [5.74, 6) is -0.246. The van der Waals surface area contributed by atoms with Crippen LogP contribution in [0.3, 0.4) is 0 Å². The summed E-state index contributed by atoms with van der Waals surface area (Å²) in [7, 11) is 0. The van der Waals surface area contributed by atoms with Gasteiger partial charge in [0, 0.05) is 33.1 Å². The maximum atomic E-state index is 11.7. The van der Waals surface area contributed by atoms with Crippen LogP contribution in [0.15, 0.2) is 5.16 Å². The van der Waals surface area contributed by atoms with Crippen molar-refractivity contribution in [3.8, 4) is 0 Å². The molecule has 0 aliphatic carbocycles. The standard InChI is InChI=1S/C10H18N4O3/c1-8(15)13-3-2-4-14(6-5-13)10(16)7-9(11)12-17/h17H,2-7H2,1H3,(H2,11,12). The minimum atomic E-state index is -0.175. The number of rotatable bonds is 2. The minimum Gasteiger partial charge on any atom is -0.409 e. The van der Waals surface area contributed by atoms with Crippen LogP contribution in [-0.4, -0.2) is 58.8 Å². The van der Waals surface area contributed by atoms with Crippen LogP contribution < -0.4 is 5.73 Å². The molecule has 0 aromatic carbocycles. The highest BCUT2D eigenvalue weighted by Gasteiger charge is 2.20. The summed E-state index contributed by atoms with van der Waals surface area (Å²) in [4.78, 5) is 26.3. The first-order valence-corrected chi connectivity index (χ1v) is 5.54. The van der Waals surface area contributed by atoms with Crippen molar-refractivity contribution in [1.82, 2.24) is 9.80 Å². The Morgan fingerprint density at radius 2 is 1.82 bits per heavy atom. The molecule has 1 saturated heterocycles. The number of amidine groups is 1. The topological polar surface area (TPSA) is 99.2 Å². The van der Waals surface area contributed by atoms with Gasteiger partial charge in [0.25, 0.3) is 0 Å². The van der Waals surface area contributed by atoms with Crippen LogP contribution in [0.25, 0.3) is 0 Å². The highest BCUT2D eigenvalue weighted by atomic mass is 16.4. The van der Waals surface area contributed by atoms with E-state index in [0.717, 1.165) is 6.42 Å². The Balaban J connectivity index is 2.51. The highest BCUT2D eigenvalue weighted by molar-refractivity contribution is 5.98. The molecule has 1 rings (SSSR count). The van der Waals surface area contributed by atoms with Crippen molar-refractivity contribution in [3.05, 3.63) is 0 Å². The molecule has 1 fully saturated rings. The SMILES string of the molecule is CC(=O)N1CCCN(C(=O)CC(N)=NO)CC1. The third-order valence-electron chi connectivity index (χ3n) is 2.75. The predicted octanol–water partition coefficient (Wildman–Crippen LogP) is -0.796. The van der Waals surface area contributed by atoms with Gasteiger partial charge >= 0.3 is 0 Å². The molecule has 1 aliphatic rings. The van der Waals surface area contributed by atoms with Crippen LogP contribution in [0.1, 0.15) is 19.8 Å². The van der Waals surface area contributed by atoms with E-state index in [1.54, 1.807) is 9.80 Å². The molecule has 7 nitrogen and oxygen atoms in total. The molecular weight excluding hydrogens is 224 g/mol. The maximum absolute atomic E-state index is 11.7.